The fourth-order valence-corrected chi connectivity index (χ4v) is 3.06. The first-order valence-electron chi connectivity index (χ1n) is 5.83. The van der Waals surface area contributed by atoms with Gasteiger partial charge in [0.1, 0.15) is 11.5 Å². The lowest BCUT2D eigenvalue weighted by Crippen LogP contribution is -2.18. The van der Waals surface area contributed by atoms with Crippen LogP contribution < -0.4 is 5.32 Å². The molecule has 3 heteroatoms. The molecular weight excluding hydrogens is 230 g/mol. The van der Waals surface area contributed by atoms with E-state index < -0.39 is 0 Å². The van der Waals surface area contributed by atoms with Crippen molar-refractivity contribution in [3.8, 4) is 0 Å². The van der Waals surface area contributed by atoms with Crippen LogP contribution in [0, 0.1) is 27.7 Å². The molecule has 1 unspecified atom stereocenters. The SMILES string of the molecule is CNC(c1csc(C)c1)c1c(C)oc(C)c1C. The molecule has 0 bridgehead atoms. The van der Waals surface area contributed by atoms with Gasteiger partial charge in [-0.1, -0.05) is 0 Å². The van der Waals surface area contributed by atoms with Gasteiger partial charge in [0, 0.05) is 10.4 Å². The lowest BCUT2D eigenvalue weighted by Gasteiger charge is -2.15. The molecule has 0 saturated heterocycles. The van der Waals surface area contributed by atoms with Gasteiger partial charge in [-0.25, -0.2) is 0 Å². The largest absolute Gasteiger partial charge is 0.466 e. The molecule has 0 amide bonds. The maximum absolute atomic E-state index is 5.72. The van der Waals surface area contributed by atoms with E-state index in [-0.39, 0.29) is 6.04 Å². The molecule has 0 aliphatic heterocycles. The Bertz CT molecular complexity index is 524. The van der Waals surface area contributed by atoms with E-state index in [1.54, 1.807) is 11.3 Å². The molecule has 0 spiro atoms. The van der Waals surface area contributed by atoms with Gasteiger partial charge in [0.05, 0.1) is 6.04 Å². The van der Waals surface area contributed by atoms with E-state index in [4.69, 9.17) is 4.42 Å². The highest BCUT2D eigenvalue weighted by Crippen LogP contribution is 2.32. The van der Waals surface area contributed by atoms with Crippen molar-refractivity contribution in [1.82, 2.24) is 5.32 Å². The van der Waals surface area contributed by atoms with Gasteiger partial charge in [0.15, 0.2) is 0 Å². The van der Waals surface area contributed by atoms with Gasteiger partial charge in [-0.2, -0.15) is 0 Å². The van der Waals surface area contributed by atoms with E-state index in [0.29, 0.717) is 0 Å². The molecule has 2 aromatic heterocycles. The summed E-state index contributed by atoms with van der Waals surface area (Å²) in [5.74, 6) is 2.04. The minimum Gasteiger partial charge on any atom is -0.466 e. The second-order valence-electron chi connectivity index (χ2n) is 4.47. The third kappa shape index (κ3) is 2.17. The first-order valence-corrected chi connectivity index (χ1v) is 6.71. The fourth-order valence-electron chi connectivity index (χ4n) is 2.33. The van der Waals surface area contributed by atoms with Crippen molar-refractivity contribution >= 4 is 11.3 Å². The first-order chi connectivity index (χ1) is 8.04. The lowest BCUT2D eigenvalue weighted by atomic mass is 9.97. The van der Waals surface area contributed by atoms with Gasteiger partial charge in [-0.15, -0.1) is 11.3 Å². The van der Waals surface area contributed by atoms with Gasteiger partial charge in [-0.3, -0.25) is 0 Å². The summed E-state index contributed by atoms with van der Waals surface area (Å²) >= 11 is 1.79. The molecule has 1 atom stereocenters. The summed E-state index contributed by atoms with van der Waals surface area (Å²) < 4.78 is 5.72. The Morgan fingerprint density at radius 2 is 1.88 bits per heavy atom. The molecular formula is C14H19NOS. The van der Waals surface area contributed by atoms with Crippen LogP contribution in [0.25, 0.3) is 0 Å². The normalized spacial score (nSPS) is 13.0. The summed E-state index contributed by atoms with van der Waals surface area (Å²) in [5.41, 5.74) is 3.86. The van der Waals surface area contributed by atoms with Gasteiger partial charge in [0.25, 0.3) is 0 Å². The molecule has 0 aliphatic carbocycles. The predicted molar refractivity (Wildman–Crippen MR) is 72.9 cm³/mol. The van der Waals surface area contributed by atoms with E-state index in [0.717, 1.165) is 11.5 Å². The van der Waals surface area contributed by atoms with Gasteiger partial charge >= 0.3 is 0 Å². The minimum atomic E-state index is 0.234. The van der Waals surface area contributed by atoms with Crippen molar-refractivity contribution in [3.05, 3.63) is 44.5 Å². The van der Waals surface area contributed by atoms with E-state index in [2.05, 4.69) is 30.6 Å². The molecule has 2 nitrogen and oxygen atoms in total. The fraction of sp³-hybridized carbons (Fsp3) is 0.429. The zero-order chi connectivity index (χ0) is 12.6. The van der Waals surface area contributed by atoms with Crippen LogP contribution in [0.15, 0.2) is 15.9 Å². The molecule has 0 aliphatic rings. The summed E-state index contributed by atoms with van der Waals surface area (Å²) in [7, 11) is 2.00. The second-order valence-corrected chi connectivity index (χ2v) is 5.58. The van der Waals surface area contributed by atoms with Crippen LogP contribution in [-0.4, -0.2) is 7.05 Å². The monoisotopic (exact) mass is 249 g/mol. The van der Waals surface area contributed by atoms with Crippen molar-refractivity contribution in [2.75, 3.05) is 7.05 Å². The van der Waals surface area contributed by atoms with Gasteiger partial charge in [0.2, 0.25) is 0 Å². The topological polar surface area (TPSA) is 25.2 Å². The van der Waals surface area contributed by atoms with Crippen LogP contribution in [0.5, 0.6) is 0 Å². The number of hydrogen-bond acceptors (Lipinski definition) is 3. The van der Waals surface area contributed by atoms with Crippen LogP contribution in [-0.2, 0) is 0 Å². The van der Waals surface area contributed by atoms with Crippen LogP contribution in [0.3, 0.4) is 0 Å². The number of furan rings is 1. The summed E-state index contributed by atoms with van der Waals surface area (Å²) in [4.78, 5) is 1.34. The van der Waals surface area contributed by atoms with E-state index in [1.165, 1.54) is 21.6 Å². The first kappa shape index (κ1) is 12.4. The number of thiophene rings is 1. The zero-order valence-electron chi connectivity index (χ0n) is 11.0. The highest BCUT2D eigenvalue weighted by molar-refractivity contribution is 7.10. The third-order valence-electron chi connectivity index (χ3n) is 3.28. The predicted octanol–water partition coefficient (Wildman–Crippen LogP) is 3.88. The average molecular weight is 249 g/mol. The highest BCUT2D eigenvalue weighted by Gasteiger charge is 2.21. The summed E-state index contributed by atoms with van der Waals surface area (Å²) in [5, 5.41) is 5.61. The molecule has 17 heavy (non-hydrogen) atoms. The van der Waals surface area contributed by atoms with Gasteiger partial charge < -0.3 is 9.73 Å². The molecule has 0 saturated carbocycles. The maximum Gasteiger partial charge on any atom is 0.106 e. The van der Waals surface area contributed by atoms with Crippen LogP contribution >= 0.6 is 11.3 Å². The van der Waals surface area contributed by atoms with Crippen molar-refractivity contribution in [3.63, 3.8) is 0 Å². The van der Waals surface area contributed by atoms with Crippen molar-refractivity contribution in [2.45, 2.75) is 33.7 Å². The number of nitrogens with one attached hydrogen (secondary N) is 1. The summed E-state index contributed by atoms with van der Waals surface area (Å²) in [6.45, 7) is 8.34. The Morgan fingerprint density at radius 3 is 2.29 bits per heavy atom. The van der Waals surface area contributed by atoms with Crippen LogP contribution in [0.4, 0.5) is 0 Å². The van der Waals surface area contributed by atoms with Crippen LogP contribution in [0.1, 0.15) is 39.1 Å². The maximum atomic E-state index is 5.72. The Hall–Kier alpha value is -1.06. The smallest absolute Gasteiger partial charge is 0.106 e. The Labute approximate surface area is 107 Å². The Morgan fingerprint density at radius 1 is 1.18 bits per heavy atom. The molecule has 0 fully saturated rings. The van der Waals surface area contributed by atoms with Crippen molar-refractivity contribution < 1.29 is 4.42 Å². The summed E-state index contributed by atoms with van der Waals surface area (Å²) in [6.07, 6.45) is 0. The molecule has 0 aromatic carbocycles. The summed E-state index contributed by atoms with van der Waals surface area (Å²) in [6, 6.07) is 2.48. The standard InChI is InChI=1S/C14H19NOS/c1-8-6-12(7-17-8)14(15-5)13-9(2)10(3)16-11(13)4/h6-7,14-15H,1-5H3. The van der Waals surface area contributed by atoms with Crippen molar-refractivity contribution in [2.24, 2.45) is 0 Å². The number of rotatable bonds is 3. The zero-order valence-corrected chi connectivity index (χ0v) is 11.9. The highest BCUT2D eigenvalue weighted by atomic mass is 32.1. The molecule has 2 aromatic rings. The van der Waals surface area contributed by atoms with E-state index in [9.17, 15) is 0 Å². The lowest BCUT2D eigenvalue weighted by molar-refractivity contribution is 0.496. The van der Waals surface area contributed by atoms with Crippen LogP contribution in [0.2, 0.25) is 0 Å². The molecule has 1 N–H and O–H groups in total. The Kier molecular flexibility index (Phi) is 3.40. The van der Waals surface area contributed by atoms with Gasteiger partial charge in [-0.05, 0) is 57.3 Å². The molecule has 2 rings (SSSR count). The number of hydrogen-bond donors (Lipinski definition) is 1. The Balaban J connectivity index is 2.49. The molecule has 92 valence electrons. The quantitative estimate of drug-likeness (QED) is 0.893. The molecule has 2 heterocycles. The van der Waals surface area contributed by atoms with E-state index >= 15 is 0 Å². The number of aryl methyl sites for hydroxylation is 3. The second kappa shape index (κ2) is 4.67. The van der Waals surface area contributed by atoms with E-state index in [1.807, 2.05) is 20.9 Å². The minimum absolute atomic E-state index is 0.234. The third-order valence-corrected chi connectivity index (χ3v) is 4.16. The average Bonchev–Trinajstić information content (AvgIpc) is 2.79. The molecule has 0 radical (unpaired) electrons. The van der Waals surface area contributed by atoms with Crippen molar-refractivity contribution in [1.29, 1.82) is 0 Å².